The van der Waals surface area contributed by atoms with Crippen LogP contribution in [0.3, 0.4) is 0 Å². The van der Waals surface area contributed by atoms with E-state index >= 15 is 0 Å². The first-order chi connectivity index (χ1) is 8.54. The van der Waals surface area contributed by atoms with Crippen molar-refractivity contribution in [2.24, 2.45) is 7.05 Å². The van der Waals surface area contributed by atoms with Crippen LogP contribution in [0.2, 0.25) is 5.22 Å². The predicted molar refractivity (Wildman–Crippen MR) is 72.0 cm³/mol. The first-order valence-electron chi connectivity index (χ1n) is 5.51. The van der Waals surface area contributed by atoms with Gasteiger partial charge in [0.15, 0.2) is 5.78 Å². The molecule has 0 radical (unpaired) electrons. The average Bonchev–Trinajstić information content (AvgIpc) is 2.87. The molecule has 0 spiro atoms. The summed E-state index contributed by atoms with van der Waals surface area (Å²) >= 11 is 9.27. The summed E-state index contributed by atoms with van der Waals surface area (Å²) in [5.41, 5.74) is 2.19. The third kappa shape index (κ3) is 2.37. The lowest BCUT2D eigenvalue weighted by Gasteiger charge is -2.01. The number of ketones is 1. The minimum Gasteiger partial charge on any atom is -0.452 e. The fraction of sp³-hybridized carbons (Fsp3) is 0.333. The summed E-state index contributed by atoms with van der Waals surface area (Å²) in [6.45, 7) is 2.02. The molecule has 96 valence electrons. The van der Waals surface area contributed by atoms with Gasteiger partial charge in [-0.25, -0.2) is 0 Å². The largest absolute Gasteiger partial charge is 0.452 e. The third-order valence-electron chi connectivity index (χ3n) is 2.75. The summed E-state index contributed by atoms with van der Waals surface area (Å²) in [4.78, 5) is 12.1. The maximum atomic E-state index is 12.1. The molecule has 0 atom stereocenters. The fourth-order valence-electron chi connectivity index (χ4n) is 1.75. The van der Waals surface area contributed by atoms with Gasteiger partial charge < -0.3 is 4.42 Å². The van der Waals surface area contributed by atoms with Crippen LogP contribution in [0.4, 0.5) is 0 Å². The second-order valence-corrected chi connectivity index (χ2v) is 5.03. The van der Waals surface area contributed by atoms with Gasteiger partial charge in [0.05, 0.1) is 34.1 Å². The molecule has 0 bridgehead atoms. The summed E-state index contributed by atoms with van der Waals surface area (Å²) in [6.07, 6.45) is 2.46. The Morgan fingerprint density at radius 1 is 1.61 bits per heavy atom. The number of Topliss-reactive ketones (excluding diaryl/α,β-unsaturated/α-hetero) is 1. The molecule has 0 saturated carbocycles. The van der Waals surface area contributed by atoms with Crippen LogP contribution in [0.25, 0.3) is 0 Å². The van der Waals surface area contributed by atoms with Gasteiger partial charge in [-0.3, -0.25) is 9.48 Å². The summed E-state index contributed by atoms with van der Waals surface area (Å²) in [5.74, 6) is -0.0832. The monoisotopic (exact) mass is 330 g/mol. The summed E-state index contributed by atoms with van der Waals surface area (Å²) < 4.78 is 7.53. The highest BCUT2D eigenvalue weighted by atomic mass is 79.9. The lowest BCUT2D eigenvalue weighted by atomic mass is 10.1. The Hall–Kier alpha value is -1.07. The molecule has 2 rings (SSSR count). The van der Waals surface area contributed by atoms with Gasteiger partial charge in [-0.1, -0.05) is 6.92 Å². The Morgan fingerprint density at radius 2 is 2.33 bits per heavy atom. The average molecular weight is 332 g/mol. The molecule has 4 nitrogen and oxygen atoms in total. The Morgan fingerprint density at radius 3 is 2.83 bits per heavy atom. The number of aromatic nitrogens is 2. The fourth-order valence-corrected chi connectivity index (χ4v) is 2.73. The number of furan rings is 1. The van der Waals surface area contributed by atoms with E-state index in [2.05, 4.69) is 21.0 Å². The first kappa shape index (κ1) is 13.4. The highest BCUT2D eigenvalue weighted by Crippen LogP contribution is 2.25. The van der Waals surface area contributed by atoms with Crippen molar-refractivity contribution in [2.75, 3.05) is 0 Å². The van der Waals surface area contributed by atoms with E-state index in [-0.39, 0.29) is 17.4 Å². The number of hydrogen-bond acceptors (Lipinski definition) is 3. The van der Waals surface area contributed by atoms with Gasteiger partial charge in [0.25, 0.3) is 0 Å². The highest BCUT2D eigenvalue weighted by Gasteiger charge is 2.19. The molecule has 2 aromatic heterocycles. The molecule has 0 aliphatic heterocycles. The summed E-state index contributed by atoms with van der Waals surface area (Å²) in [6, 6.07) is 1.58. The Balaban J connectivity index is 2.27. The van der Waals surface area contributed by atoms with E-state index < -0.39 is 0 Å². The zero-order valence-electron chi connectivity index (χ0n) is 10.0. The molecule has 0 saturated heterocycles. The van der Waals surface area contributed by atoms with Crippen molar-refractivity contribution >= 4 is 33.3 Å². The molecule has 0 N–H and O–H groups in total. The quantitative estimate of drug-likeness (QED) is 0.807. The zero-order chi connectivity index (χ0) is 13.3. The molecular formula is C12H12BrClN2O2. The smallest absolute Gasteiger partial charge is 0.203 e. The molecule has 0 amide bonds. The predicted octanol–water partition coefficient (Wildman–Crippen LogP) is 3.42. The number of aryl methyl sites for hydroxylation is 2. The van der Waals surface area contributed by atoms with Crippen LogP contribution in [0.5, 0.6) is 0 Å². The van der Waals surface area contributed by atoms with Gasteiger partial charge in [-0.05, 0) is 40.0 Å². The molecular weight excluding hydrogens is 320 g/mol. The van der Waals surface area contributed by atoms with Crippen LogP contribution in [0.1, 0.15) is 28.7 Å². The summed E-state index contributed by atoms with van der Waals surface area (Å²) in [7, 11) is 1.82. The number of halogens is 2. The van der Waals surface area contributed by atoms with Gasteiger partial charge in [-0.2, -0.15) is 5.10 Å². The number of carbonyl (C=O) groups is 1. The van der Waals surface area contributed by atoms with E-state index in [1.165, 1.54) is 6.26 Å². The van der Waals surface area contributed by atoms with Crippen LogP contribution in [-0.2, 0) is 19.9 Å². The van der Waals surface area contributed by atoms with Crippen LogP contribution in [0.15, 0.2) is 21.2 Å². The van der Waals surface area contributed by atoms with Gasteiger partial charge in [0.2, 0.25) is 5.22 Å². The Bertz CT molecular complexity index is 589. The van der Waals surface area contributed by atoms with Crippen LogP contribution in [0, 0.1) is 0 Å². The molecule has 0 fully saturated rings. The maximum absolute atomic E-state index is 12.1. The van der Waals surface area contributed by atoms with E-state index in [1.54, 1.807) is 10.7 Å². The van der Waals surface area contributed by atoms with Crippen molar-refractivity contribution < 1.29 is 9.21 Å². The number of carbonyl (C=O) groups excluding carboxylic acids is 1. The molecule has 0 aromatic carbocycles. The van der Waals surface area contributed by atoms with Crippen LogP contribution in [-0.4, -0.2) is 15.6 Å². The third-order valence-corrected chi connectivity index (χ3v) is 3.96. The standard InChI is InChI=1S/C12H12BrClN2O2/c1-3-8-11(13)9(16(2)15-8)6-10(17)7-4-5-18-12(7)14/h4-5H,3,6H2,1-2H3. The van der Waals surface area contributed by atoms with Gasteiger partial charge in [-0.15, -0.1) is 0 Å². The lowest BCUT2D eigenvalue weighted by Crippen LogP contribution is -2.08. The van der Waals surface area contributed by atoms with Crippen LogP contribution >= 0.6 is 27.5 Å². The van der Waals surface area contributed by atoms with Crippen molar-refractivity contribution in [1.82, 2.24) is 9.78 Å². The van der Waals surface area contributed by atoms with E-state index in [1.807, 2.05) is 14.0 Å². The lowest BCUT2D eigenvalue weighted by molar-refractivity contribution is 0.0990. The highest BCUT2D eigenvalue weighted by molar-refractivity contribution is 9.10. The number of hydrogen-bond donors (Lipinski definition) is 0. The Labute approximate surface area is 118 Å². The molecule has 6 heteroatoms. The number of nitrogens with zero attached hydrogens (tertiary/aromatic N) is 2. The van der Waals surface area contributed by atoms with Gasteiger partial charge >= 0.3 is 0 Å². The van der Waals surface area contributed by atoms with Gasteiger partial charge in [0.1, 0.15) is 0 Å². The molecule has 18 heavy (non-hydrogen) atoms. The molecule has 0 aliphatic carbocycles. The normalized spacial score (nSPS) is 10.9. The van der Waals surface area contributed by atoms with Crippen molar-refractivity contribution in [3.8, 4) is 0 Å². The van der Waals surface area contributed by atoms with Gasteiger partial charge in [0, 0.05) is 7.05 Å². The second kappa shape index (κ2) is 5.28. The zero-order valence-corrected chi connectivity index (χ0v) is 12.4. The molecule has 2 heterocycles. The first-order valence-corrected chi connectivity index (χ1v) is 6.68. The van der Waals surface area contributed by atoms with E-state index in [0.29, 0.717) is 5.56 Å². The molecule has 0 aliphatic rings. The van der Waals surface area contributed by atoms with E-state index in [0.717, 1.165) is 22.3 Å². The topological polar surface area (TPSA) is 48.0 Å². The van der Waals surface area contributed by atoms with E-state index in [4.69, 9.17) is 16.0 Å². The maximum Gasteiger partial charge on any atom is 0.203 e. The van der Waals surface area contributed by atoms with Crippen molar-refractivity contribution in [2.45, 2.75) is 19.8 Å². The Kier molecular flexibility index (Phi) is 3.92. The molecule has 0 unspecified atom stereocenters. The second-order valence-electron chi connectivity index (χ2n) is 3.89. The minimum absolute atomic E-state index is 0.0832. The minimum atomic E-state index is -0.0832. The van der Waals surface area contributed by atoms with Crippen molar-refractivity contribution in [1.29, 1.82) is 0 Å². The molecule has 2 aromatic rings. The number of rotatable bonds is 4. The van der Waals surface area contributed by atoms with E-state index in [9.17, 15) is 4.79 Å². The summed E-state index contributed by atoms with van der Waals surface area (Å²) in [5, 5.41) is 4.48. The van der Waals surface area contributed by atoms with Crippen molar-refractivity contribution in [3.63, 3.8) is 0 Å². The SMILES string of the molecule is CCc1nn(C)c(CC(=O)c2ccoc2Cl)c1Br. The van der Waals surface area contributed by atoms with Crippen LogP contribution < -0.4 is 0 Å². The van der Waals surface area contributed by atoms with Crippen molar-refractivity contribution in [3.05, 3.63) is 39.0 Å².